The molecule has 1 rings (SSSR count). The topological polar surface area (TPSA) is 26.3 Å². The summed E-state index contributed by atoms with van der Waals surface area (Å²) in [6.45, 7) is 1.23. The third-order valence-electron chi connectivity index (χ3n) is 1.98. The van der Waals surface area contributed by atoms with Crippen LogP contribution in [0.4, 0.5) is 13.2 Å². The highest BCUT2D eigenvalue weighted by atomic mass is 35.5. The van der Waals surface area contributed by atoms with Gasteiger partial charge in [-0.1, -0.05) is 12.1 Å². The zero-order chi connectivity index (χ0) is 13.0. The number of carbonyl (C=O) groups is 1. The standard InChI is InChI=1S/C11H10ClF3O2/c1-6(16)17-8-4-2-7(3-5-8)9(12)10(13)11(14)15/h2-5,9-11H,1H3. The first-order chi connectivity index (χ1) is 7.91. The van der Waals surface area contributed by atoms with E-state index in [0.717, 1.165) is 0 Å². The largest absolute Gasteiger partial charge is 0.427 e. The van der Waals surface area contributed by atoms with E-state index in [1.54, 1.807) is 0 Å². The Hall–Kier alpha value is -1.23. The lowest BCUT2D eigenvalue weighted by Gasteiger charge is -2.14. The monoisotopic (exact) mass is 266 g/mol. The van der Waals surface area contributed by atoms with E-state index in [9.17, 15) is 18.0 Å². The van der Waals surface area contributed by atoms with E-state index in [2.05, 4.69) is 0 Å². The molecule has 0 amide bonds. The van der Waals surface area contributed by atoms with E-state index in [0.29, 0.717) is 0 Å². The average Bonchev–Trinajstić information content (AvgIpc) is 2.27. The molecule has 2 unspecified atom stereocenters. The number of halogens is 4. The molecule has 94 valence electrons. The summed E-state index contributed by atoms with van der Waals surface area (Å²) in [5.41, 5.74) is 0.204. The maximum absolute atomic E-state index is 12.9. The van der Waals surface area contributed by atoms with Crippen molar-refractivity contribution in [2.45, 2.75) is 24.9 Å². The van der Waals surface area contributed by atoms with Gasteiger partial charge in [0.1, 0.15) is 5.75 Å². The summed E-state index contributed by atoms with van der Waals surface area (Å²) in [4.78, 5) is 10.6. The van der Waals surface area contributed by atoms with Crippen molar-refractivity contribution >= 4 is 17.6 Å². The summed E-state index contributed by atoms with van der Waals surface area (Å²) in [5.74, 6) is -0.256. The minimum atomic E-state index is -3.13. The van der Waals surface area contributed by atoms with Crippen molar-refractivity contribution in [2.24, 2.45) is 0 Å². The zero-order valence-corrected chi connectivity index (χ0v) is 9.63. The lowest BCUT2D eigenvalue weighted by Crippen LogP contribution is -2.18. The Kier molecular flexibility index (Phi) is 4.81. The second-order valence-electron chi connectivity index (χ2n) is 3.34. The first-order valence-corrected chi connectivity index (χ1v) is 5.20. The van der Waals surface area contributed by atoms with Crippen molar-refractivity contribution in [1.82, 2.24) is 0 Å². The molecule has 0 aliphatic rings. The molecule has 1 aromatic rings. The fourth-order valence-electron chi connectivity index (χ4n) is 1.20. The van der Waals surface area contributed by atoms with E-state index < -0.39 is 23.9 Å². The second-order valence-corrected chi connectivity index (χ2v) is 3.81. The van der Waals surface area contributed by atoms with Crippen molar-refractivity contribution in [1.29, 1.82) is 0 Å². The molecule has 17 heavy (non-hydrogen) atoms. The smallest absolute Gasteiger partial charge is 0.308 e. The predicted molar refractivity (Wildman–Crippen MR) is 57.2 cm³/mol. The minimum Gasteiger partial charge on any atom is -0.427 e. The third kappa shape index (κ3) is 3.93. The van der Waals surface area contributed by atoms with Crippen molar-refractivity contribution in [3.05, 3.63) is 29.8 Å². The number of carbonyl (C=O) groups excluding carboxylic acids is 1. The maximum Gasteiger partial charge on any atom is 0.308 e. The molecule has 0 aliphatic carbocycles. The molecule has 0 spiro atoms. The highest BCUT2D eigenvalue weighted by molar-refractivity contribution is 6.21. The molecular formula is C11H10ClF3O2. The van der Waals surface area contributed by atoms with Crippen LogP contribution < -0.4 is 4.74 Å². The highest BCUT2D eigenvalue weighted by Crippen LogP contribution is 2.31. The van der Waals surface area contributed by atoms with Gasteiger partial charge in [-0.3, -0.25) is 4.79 Å². The molecule has 6 heteroatoms. The normalized spacial score (nSPS) is 14.5. The van der Waals surface area contributed by atoms with E-state index >= 15 is 0 Å². The van der Waals surface area contributed by atoms with Gasteiger partial charge in [0.2, 0.25) is 0 Å². The van der Waals surface area contributed by atoms with Crippen LogP contribution in [0.1, 0.15) is 17.9 Å². The molecule has 0 fully saturated rings. The SMILES string of the molecule is CC(=O)Oc1ccc(C(Cl)C(F)C(F)F)cc1. The van der Waals surface area contributed by atoms with Crippen molar-refractivity contribution in [3.8, 4) is 5.75 Å². The Morgan fingerprint density at radius 1 is 1.24 bits per heavy atom. The van der Waals surface area contributed by atoms with Gasteiger partial charge in [0.15, 0.2) is 6.17 Å². The van der Waals surface area contributed by atoms with Gasteiger partial charge >= 0.3 is 5.97 Å². The van der Waals surface area contributed by atoms with Crippen LogP contribution in [-0.2, 0) is 4.79 Å². The fraction of sp³-hybridized carbons (Fsp3) is 0.364. The van der Waals surface area contributed by atoms with Crippen LogP contribution in [0, 0.1) is 0 Å². The quantitative estimate of drug-likeness (QED) is 0.474. The van der Waals surface area contributed by atoms with Crippen LogP contribution in [0.2, 0.25) is 0 Å². The molecule has 2 atom stereocenters. The Bertz CT molecular complexity index is 381. The summed E-state index contributed by atoms with van der Waals surface area (Å²) >= 11 is 5.55. The van der Waals surface area contributed by atoms with Gasteiger partial charge in [-0.15, -0.1) is 11.6 Å². The number of ether oxygens (including phenoxy) is 1. The number of alkyl halides is 4. The van der Waals surface area contributed by atoms with Gasteiger partial charge in [0.05, 0.1) is 5.38 Å². The lowest BCUT2D eigenvalue weighted by molar-refractivity contribution is -0.131. The molecule has 0 bridgehead atoms. The molecular weight excluding hydrogens is 257 g/mol. The van der Waals surface area contributed by atoms with E-state index in [-0.39, 0.29) is 11.3 Å². The minimum absolute atomic E-state index is 0.204. The molecule has 0 saturated heterocycles. The molecule has 0 aromatic heterocycles. The summed E-state index contributed by atoms with van der Waals surface area (Å²) in [6.07, 6.45) is -5.57. The van der Waals surface area contributed by atoms with Gasteiger partial charge in [-0.05, 0) is 17.7 Å². The predicted octanol–water partition coefficient (Wildman–Crippen LogP) is 3.50. The summed E-state index contributed by atoms with van der Waals surface area (Å²) < 4.78 is 41.9. The molecule has 1 aromatic carbocycles. The molecule has 0 N–H and O–H groups in total. The van der Waals surface area contributed by atoms with Gasteiger partial charge in [-0.25, -0.2) is 13.2 Å². The van der Waals surface area contributed by atoms with Gasteiger partial charge in [-0.2, -0.15) is 0 Å². The summed E-state index contributed by atoms with van der Waals surface area (Å²) in [7, 11) is 0. The number of rotatable bonds is 4. The first-order valence-electron chi connectivity index (χ1n) is 4.76. The molecule has 2 nitrogen and oxygen atoms in total. The van der Waals surface area contributed by atoms with E-state index in [4.69, 9.17) is 16.3 Å². The van der Waals surface area contributed by atoms with E-state index in [1.807, 2.05) is 0 Å². The van der Waals surface area contributed by atoms with Crippen LogP contribution in [0.25, 0.3) is 0 Å². The van der Waals surface area contributed by atoms with E-state index in [1.165, 1.54) is 31.2 Å². The summed E-state index contributed by atoms with van der Waals surface area (Å²) in [6, 6.07) is 5.41. The third-order valence-corrected chi connectivity index (χ3v) is 2.47. The van der Waals surface area contributed by atoms with Gasteiger partial charge < -0.3 is 4.74 Å². The van der Waals surface area contributed by atoms with Crippen LogP contribution in [0.5, 0.6) is 5.75 Å². The van der Waals surface area contributed by atoms with Crippen molar-refractivity contribution in [2.75, 3.05) is 0 Å². The van der Waals surface area contributed by atoms with Crippen LogP contribution >= 0.6 is 11.6 Å². The summed E-state index contributed by atoms with van der Waals surface area (Å²) in [5, 5.41) is -1.43. The number of hydrogen-bond acceptors (Lipinski definition) is 2. The Balaban J connectivity index is 2.76. The van der Waals surface area contributed by atoms with Crippen LogP contribution in [0.15, 0.2) is 24.3 Å². The number of benzene rings is 1. The second kappa shape index (κ2) is 5.91. The maximum atomic E-state index is 12.9. The number of hydrogen-bond donors (Lipinski definition) is 0. The average molecular weight is 267 g/mol. The van der Waals surface area contributed by atoms with Crippen LogP contribution in [-0.4, -0.2) is 18.6 Å². The van der Waals surface area contributed by atoms with Gasteiger partial charge in [0.25, 0.3) is 6.43 Å². The van der Waals surface area contributed by atoms with Crippen molar-refractivity contribution in [3.63, 3.8) is 0 Å². The Morgan fingerprint density at radius 2 is 1.76 bits per heavy atom. The molecule has 0 aliphatic heterocycles. The highest BCUT2D eigenvalue weighted by Gasteiger charge is 2.29. The van der Waals surface area contributed by atoms with Crippen molar-refractivity contribution < 1.29 is 22.7 Å². The van der Waals surface area contributed by atoms with Gasteiger partial charge in [0, 0.05) is 6.92 Å². The fourth-order valence-corrected chi connectivity index (χ4v) is 1.45. The first kappa shape index (κ1) is 13.8. The lowest BCUT2D eigenvalue weighted by atomic mass is 10.1. The molecule has 0 saturated carbocycles. The Labute approximate surface area is 101 Å². The zero-order valence-electron chi connectivity index (χ0n) is 8.87. The van der Waals surface area contributed by atoms with Crippen LogP contribution in [0.3, 0.4) is 0 Å². The molecule has 0 radical (unpaired) electrons. The number of esters is 1. The molecule has 0 heterocycles. The Morgan fingerprint density at radius 3 is 2.18 bits per heavy atom.